The lowest BCUT2D eigenvalue weighted by molar-refractivity contribution is -0.126. The standard InChI is InChI=1S/C19H26Cl3N3O4S/c20-14-10-16(21)19(17(22)11-14)30(27,28)25-8-3-4-15(25)12-29-13-18(26)23-5-9-24-6-1-2-7-24/h10-11,15H,1-9,12-13H2,(H,23,26). The molecular weight excluding hydrogens is 473 g/mol. The fourth-order valence-electron chi connectivity index (χ4n) is 3.88. The fraction of sp³-hybridized carbons (Fsp3) is 0.632. The van der Waals surface area contributed by atoms with Crippen molar-refractivity contribution in [3.63, 3.8) is 0 Å². The minimum absolute atomic E-state index is 0.0172. The van der Waals surface area contributed by atoms with Crippen molar-refractivity contribution in [3.05, 3.63) is 27.2 Å². The maximum absolute atomic E-state index is 13.1. The Kier molecular flexibility index (Phi) is 8.66. The number of nitrogens with one attached hydrogen (secondary N) is 1. The van der Waals surface area contributed by atoms with E-state index in [1.807, 2.05) is 0 Å². The molecule has 0 aliphatic carbocycles. The van der Waals surface area contributed by atoms with Crippen LogP contribution in [0.15, 0.2) is 17.0 Å². The number of carbonyl (C=O) groups is 1. The molecule has 1 N–H and O–H groups in total. The molecule has 0 bridgehead atoms. The molecule has 2 heterocycles. The second-order valence-corrected chi connectivity index (χ2v) is 10.6. The van der Waals surface area contributed by atoms with E-state index in [4.69, 9.17) is 39.5 Å². The number of likely N-dealkylation sites (tertiary alicyclic amines) is 1. The molecule has 1 aromatic rings. The summed E-state index contributed by atoms with van der Waals surface area (Å²) >= 11 is 18.1. The van der Waals surface area contributed by atoms with Crippen molar-refractivity contribution in [2.75, 3.05) is 45.9 Å². The van der Waals surface area contributed by atoms with Crippen molar-refractivity contribution < 1.29 is 17.9 Å². The summed E-state index contributed by atoms with van der Waals surface area (Å²) in [6, 6.07) is 2.33. The van der Waals surface area contributed by atoms with E-state index in [0.29, 0.717) is 25.9 Å². The molecule has 7 nitrogen and oxygen atoms in total. The van der Waals surface area contributed by atoms with Crippen LogP contribution in [0, 0.1) is 0 Å². The monoisotopic (exact) mass is 497 g/mol. The molecule has 2 fully saturated rings. The minimum atomic E-state index is -3.92. The van der Waals surface area contributed by atoms with Gasteiger partial charge in [0, 0.05) is 30.7 Å². The van der Waals surface area contributed by atoms with Crippen molar-refractivity contribution in [1.29, 1.82) is 0 Å². The predicted octanol–water partition coefficient (Wildman–Crippen LogP) is 3.03. The van der Waals surface area contributed by atoms with Crippen LogP contribution in [0.5, 0.6) is 0 Å². The van der Waals surface area contributed by atoms with E-state index in [-0.39, 0.29) is 45.1 Å². The molecule has 2 aliphatic heterocycles. The first kappa shape index (κ1) is 24.0. The van der Waals surface area contributed by atoms with E-state index in [0.717, 1.165) is 19.6 Å². The molecule has 3 rings (SSSR count). The third-order valence-corrected chi connectivity index (χ3v) is 8.44. The number of sulfonamides is 1. The van der Waals surface area contributed by atoms with E-state index in [2.05, 4.69) is 10.2 Å². The zero-order valence-corrected chi connectivity index (χ0v) is 19.7. The van der Waals surface area contributed by atoms with E-state index in [1.54, 1.807) is 0 Å². The van der Waals surface area contributed by atoms with Crippen LogP contribution < -0.4 is 5.32 Å². The molecule has 1 atom stereocenters. The molecule has 1 aromatic carbocycles. The molecule has 30 heavy (non-hydrogen) atoms. The first-order chi connectivity index (χ1) is 14.3. The summed E-state index contributed by atoms with van der Waals surface area (Å²) in [6.45, 7) is 3.95. The van der Waals surface area contributed by atoms with Crippen molar-refractivity contribution >= 4 is 50.7 Å². The molecule has 0 radical (unpaired) electrons. The van der Waals surface area contributed by atoms with Gasteiger partial charge in [0.15, 0.2) is 0 Å². The number of rotatable bonds is 9. The Hall–Kier alpha value is -0.610. The van der Waals surface area contributed by atoms with Gasteiger partial charge >= 0.3 is 0 Å². The number of amides is 1. The Balaban J connectivity index is 1.51. The van der Waals surface area contributed by atoms with Gasteiger partial charge in [-0.2, -0.15) is 4.31 Å². The molecule has 11 heteroatoms. The van der Waals surface area contributed by atoms with Crippen molar-refractivity contribution in [2.45, 2.75) is 36.6 Å². The number of benzene rings is 1. The highest BCUT2D eigenvalue weighted by molar-refractivity contribution is 7.89. The average molecular weight is 499 g/mol. The van der Waals surface area contributed by atoms with Crippen LogP contribution in [0.3, 0.4) is 0 Å². The predicted molar refractivity (Wildman–Crippen MR) is 118 cm³/mol. The number of nitrogens with zero attached hydrogens (tertiary/aromatic N) is 2. The number of carbonyl (C=O) groups excluding carboxylic acids is 1. The lowest BCUT2D eigenvalue weighted by Gasteiger charge is -2.25. The van der Waals surface area contributed by atoms with Gasteiger partial charge in [-0.3, -0.25) is 4.79 Å². The molecule has 0 spiro atoms. The topological polar surface area (TPSA) is 78.9 Å². The number of hydrogen-bond donors (Lipinski definition) is 1. The van der Waals surface area contributed by atoms with Gasteiger partial charge in [-0.1, -0.05) is 34.8 Å². The second kappa shape index (κ2) is 10.8. The van der Waals surface area contributed by atoms with Crippen LogP contribution in [0.1, 0.15) is 25.7 Å². The first-order valence-electron chi connectivity index (χ1n) is 10.0. The summed E-state index contributed by atoms with van der Waals surface area (Å²) < 4.78 is 33.1. The summed E-state index contributed by atoms with van der Waals surface area (Å²) in [5.74, 6) is -0.203. The average Bonchev–Trinajstić information content (AvgIpc) is 3.32. The summed E-state index contributed by atoms with van der Waals surface area (Å²) in [7, 11) is -3.92. The molecule has 2 aliphatic rings. The van der Waals surface area contributed by atoms with Crippen molar-refractivity contribution in [3.8, 4) is 0 Å². The van der Waals surface area contributed by atoms with Crippen LogP contribution in [0.2, 0.25) is 15.1 Å². The number of halogens is 3. The molecule has 2 saturated heterocycles. The molecule has 1 amide bonds. The van der Waals surface area contributed by atoms with Gasteiger partial charge in [0.25, 0.3) is 0 Å². The smallest absolute Gasteiger partial charge is 0.246 e. The summed E-state index contributed by atoms with van der Waals surface area (Å²) in [4.78, 5) is 14.1. The van der Waals surface area contributed by atoms with Gasteiger partial charge in [-0.15, -0.1) is 0 Å². The van der Waals surface area contributed by atoms with Gasteiger partial charge in [0.2, 0.25) is 15.9 Å². The Morgan fingerprint density at radius 2 is 1.77 bits per heavy atom. The Labute approximate surface area is 192 Å². The Morgan fingerprint density at radius 3 is 2.43 bits per heavy atom. The summed E-state index contributed by atoms with van der Waals surface area (Å²) in [5.41, 5.74) is 0. The Morgan fingerprint density at radius 1 is 1.10 bits per heavy atom. The number of ether oxygens (including phenoxy) is 1. The highest BCUT2D eigenvalue weighted by Crippen LogP contribution is 2.37. The van der Waals surface area contributed by atoms with Gasteiger partial charge in [-0.25, -0.2) is 8.42 Å². The van der Waals surface area contributed by atoms with Gasteiger partial charge < -0.3 is 15.0 Å². The molecule has 0 aromatic heterocycles. The van der Waals surface area contributed by atoms with Crippen molar-refractivity contribution in [2.24, 2.45) is 0 Å². The van der Waals surface area contributed by atoms with Crippen LogP contribution in [0.25, 0.3) is 0 Å². The van der Waals surface area contributed by atoms with E-state index < -0.39 is 10.0 Å². The fourth-order valence-corrected chi connectivity index (χ4v) is 7.06. The maximum Gasteiger partial charge on any atom is 0.246 e. The normalized spacial score (nSPS) is 20.7. The van der Waals surface area contributed by atoms with E-state index in [1.165, 1.54) is 29.3 Å². The number of hydrogen-bond acceptors (Lipinski definition) is 5. The zero-order chi connectivity index (χ0) is 21.7. The van der Waals surface area contributed by atoms with E-state index in [9.17, 15) is 13.2 Å². The summed E-state index contributed by atoms with van der Waals surface area (Å²) in [5, 5.41) is 3.07. The van der Waals surface area contributed by atoms with E-state index >= 15 is 0 Å². The lowest BCUT2D eigenvalue weighted by Crippen LogP contribution is -2.40. The molecule has 0 saturated carbocycles. The zero-order valence-electron chi connectivity index (χ0n) is 16.6. The minimum Gasteiger partial charge on any atom is -0.370 e. The quantitative estimate of drug-likeness (QED) is 0.566. The largest absolute Gasteiger partial charge is 0.370 e. The van der Waals surface area contributed by atoms with Crippen molar-refractivity contribution in [1.82, 2.24) is 14.5 Å². The highest BCUT2D eigenvalue weighted by Gasteiger charge is 2.38. The third-order valence-electron chi connectivity index (χ3n) is 5.35. The second-order valence-electron chi connectivity index (χ2n) is 7.52. The molecule has 1 unspecified atom stereocenters. The molecule has 168 valence electrons. The van der Waals surface area contributed by atoms with Gasteiger partial charge in [-0.05, 0) is 50.9 Å². The highest BCUT2D eigenvalue weighted by atomic mass is 35.5. The lowest BCUT2D eigenvalue weighted by atomic mass is 10.2. The van der Waals surface area contributed by atoms with Gasteiger partial charge in [0.1, 0.15) is 11.5 Å². The summed E-state index contributed by atoms with van der Waals surface area (Å²) in [6.07, 6.45) is 3.76. The van der Waals surface area contributed by atoms with Crippen LogP contribution >= 0.6 is 34.8 Å². The van der Waals surface area contributed by atoms with Crippen LogP contribution in [-0.2, 0) is 19.6 Å². The van der Waals surface area contributed by atoms with Gasteiger partial charge in [0.05, 0.1) is 16.7 Å². The van der Waals surface area contributed by atoms with Crippen LogP contribution in [-0.4, -0.2) is 75.5 Å². The third kappa shape index (κ3) is 6.00. The first-order valence-corrected chi connectivity index (χ1v) is 12.6. The SMILES string of the molecule is O=C(COCC1CCCN1S(=O)(=O)c1c(Cl)cc(Cl)cc1Cl)NCCN1CCCC1. The van der Waals surface area contributed by atoms with Crippen LogP contribution in [0.4, 0.5) is 0 Å². The Bertz CT molecular complexity index is 840. The maximum atomic E-state index is 13.1. The molecular formula is C19H26Cl3N3O4S.